The van der Waals surface area contributed by atoms with Gasteiger partial charge in [0.05, 0.1) is 12.9 Å². The van der Waals surface area contributed by atoms with Crippen LogP contribution in [0.25, 0.3) is 5.69 Å². The molecule has 0 aliphatic rings. The van der Waals surface area contributed by atoms with Crippen LogP contribution in [0.3, 0.4) is 0 Å². The Kier molecular flexibility index (Phi) is 7.65. The molecule has 0 radical (unpaired) electrons. The van der Waals surface area contributed by atoms with Gasteiger partial charge in [0.1, 0.15) is 11.6 Å². The van der Waals surface area contributed by atoms with E-state index < -0.39 is 0 Å². The Morgan fingerprint density at radius 3 is 2.39 bits per heavy atom. The van der Waals surface area contributed by atoms with E-state index in [1.165, 1.54) is 11.8 Å². The topological polar surface area (TPSA) is 69.0 Å². The summed E-state index contributed by atoms with van der Waals surface area (Å²) in [7, 11) is 1.63. The Labute approximate surface area is 202 Å². The average molecular weight is 479 g/mol. The summed E-state index contributed by atoms with van der Waals surface area (Å²) < 4.78 is 7.14. The second kappa shape index (κ2) is 11.0. The third-order valence-corrected chi connectivity index (χ3v) is 6.15. The molecular weight excluding hydrogens is 456 g/mol. The Morgan fingerprint density at radius 2 is 1.70 bits per heavy atom. The maximum atomic E-state index is 12.5. The highest BCUT2D eigenvalue weighted by Crippen LogP contribution is 2.24. The molecule has 1 heterocycles. The minimum Gasteiger partial charge on any atom is -0.497 e. The van der Waals surface area contributed by atoms with Gasteiger partial charge >= 0.3 is 0 Å². The molecule has 0 spiro atoms. The summed E-state index contributed by atoms with van der Waals surface area (Å²) in [6.07, 6.45) is 0.626. The van der Waals surface area contributed by atoms with Crippen LogP contribution in [-0.4, -0.2) is 33.5 Å². The molecule has 0 fully saturated rings. The lowest BCUT2D eigenvalue weighted by molar-refractivity contribution is -0.118. The minimum absolute atomic E-state index is 0.0777. The highest BCUT2D eigenvalue weighted by atomic mass is 35.5. The zero-order chi connectivity index (χ0) is 23.0. The van der Waals surface area contributed by atoms with Crippen LogP contribution in [0.5, 0.6) is 5.75 Å². The van der Waals surface area contributed by atoms with Gasteiger partial charge in [-0.1, -0.05) is 65.8 Å². The number of nitrogens with zero attached hydrogens (tertiary/aromatic N) is 3. The van der Waals surface area contributed by atoms with Gasteiger partial charge in [-0.15, -0.1) is 10.2 Å². The van der Waals surface area contributed by atoms with Gasteiger partial charge in [0.15, 0.2) is 5.16 Å². The summed E-state index contributed by atoms with van der Waals surface area (Å²) in [5.74, 6) is 1.73. The number of hydrogen-bond donors (Lipinski definition) is 1. The first kappa shape index (κ1) is 22.9. The van der Waals surface area contributed by atoms with Gasteiger partial charge in [-0.3, -0.25) is 9.36 Å². The lowest BCUT2D eigenvalue weighted by Gasteiger charge is -2.11. The van der Waals surface area contributed by atoms with E-state index in [2.05, 4.69) is 27.6 Å². The third-order valence-electron chi connectivity index (χ3n) is 4.97. The number of carbonyl (C=O) groups is 1. The van der Waals surface area contributed by atoms with E-state index in [0.717, 1.165) is 28.4 Å². The number of rotatable bonds is 9. The Balaban J connectivity index is 1.45. The van der Waals surface area contributed by atoms with E-state index >= 15 is 0 Å². The van der Waals surface area contributed by atoms with Crippen LogP contribution in [0.2, 0.25) is 5.02 Å². The molecule has 1 N–H and O–H groups in total. The summed E-state index contributed by atoms with van der Waals surface area (Å²) in [6, 6.07) is 25.2. The van der Waals surface area contributed by atoms with Crippen molar-refractivity contribution in [3.05, 3.63) is 101 Å². The maximum absolute atomic E-state index is 12.5. The minimum atomic E-state index is -0.0777. The van der Waals surface area contributed by atoms with Crippen LogP contribution in [0, 0.1) is 0 Å². The lowest BCUT2D eigenvalue weighted by atomic mass is 10.1. The normalized spacial score (nSPS) is 10.7. The number of nitrogens with one attached hydrogen (secondary N) is 1. The zero-order valence-corrected chi connectivity index (χ0v) is 19.6. The van der Waals surface area contributed by atoms with Crippen molar-refractivity contribution >= 4 is 29.3 Å². The molecule has 33 heavy (non-hydrogen) atoms. The number of amides is 1. The molecule has 0 saturated heterocycles. The van der Waals surface area contributed by atoms with Crippen LogP contribution in [0.15, 0.2) is 84.0 Å². The van der Waals surface area contributed by atoms with Gasteiger partial charge in [0.2, 0.25) is 5.91 Å². The summed E-state index contributed by atoms with van der Waals surface area (Å²) in [5.41, 5.74) is 3.04. The molecule has 168 valence electrons. The standard InChI is InChI=1S/C25H23ClN4O2S/c1-32-22-13-7-19(8-14-22)16-27-24(31)17-33-25-29-28-23(15-18-5-3-2-4-6-18)30(25)21-11-9-20(26)10-12-21/h2-14H,15-17H2,1H3,(H,27,31). The highest BCUT2D eigenvalue weighted by molar-refractivity contribution is 7.99. The first-order chi connectivity index (χ1) is 16.1. The van der Waals surface area contributed by atoms with Crippen LogP contribution in [0.1, 0.15) is 17.0 Å². The fourth-order valence-corrected chi connectivity index (χ4v) is 4.19. The molecule has 0 unspecified atom stereocenters. The summed E-state index contributed by atoms with van der Waals surface area (Å²) >= 11 is 7.43. The molecule has 0 atom stereocenters. The first-order valence-electron chi connectivity index (χ1n) is 10.4. The van der Waals surface area contributed by atoms with Crippen molar-refractivity contribution in [2.24, 2.45) is 0 Å². The monoisotopic (exact) mass is 478 g/mol. The zero-order valence-electron chi connectivity index (χ0n) is 18.1. The predicted octanol–water partition coefficient (Wildman–Crippen LogP) is 4.93. The molecule has 6 nitrogen and oxygen atoms in total. The Bertz CT molecular complexity index is 1200. The van der Waals surface area contributed by atoms with Crippen molar-refractivity contribution in [2.45, 2.75) is 18.1 Å². The molecular formula is C25H23ClN4O2S. The fourth-order valence-electron chi connectivity index (χ4n) is 3.26. The van der Waals surface area contributed by atoms with E-state index in [1.807, 2.05) is 71.3 Å². The third kappa shape index (κ3) is 6.15. The number of hydrogen-bond acceptors (Lipinski definition) is 5. The predicted molar refractivity (Wildman–Crippen MR) is 131 cm³/mol. The van der Waals surface area contributed by atoms with Crippen molar-refractivity contribution < 1.29 is 9.53 Å². The fraction of sp³-hybridized carbons (Fsp3) is 0.160. The summed E-state index contributed by atoms with van der Waals surface area (Å²) in [6.45, 7) is 0.451. The van der Waals surface area contributed by atoms with Crippen LogP contribution < -0.4 is 10.1 Å². The van der Waals surface area contributed by atoms with Crippen molar-refractivity contribution in [1.29, 1.82) is 0 Å². The van der Waals surface area contributed by atoms with Gasteiger partial charge in [-0.05, 0) is 47.5 Å². The van der Waals surface area contributed by atoms with Gasteiger partial charge in [-0.25, -0.2) is 0 Å². The van der Waals surface area contributed by atoms with Crippen molar-refractivity contribution in [3.63, 3.8) is 0 Å². The van der Waals surface area contributed by atoms with Gasteiger partial charge in [0, 0.05) is 23.7 Å². The molecule has 8 heteroatoms. The molecule has 0 bridgehead atoms. The summed E-state index contributed by atoms with van der Waals surface area (Å²) in [4.78, 5) is 12.5. The molecule has 4 aromatic rings. The van der Waals surface area contributed by atoms with E-state index in [0.29, 0.717) is 23.1 Å². The second-order valence-electron chi connectivity index (χ2n) is 7.29. The lowest BCUT2D eigenvalue weighted by Crippen LogP contribution is -2.24. The molecule has 0 aliphatic heterocycles. The average Bonchev–Trinajstić information content (AvgIpc) is 3.25. The van der Waals surface area contributed by atoms with Crippen LogP contribution in [-0.2, 0) is 17.8 Å². The molecule has 3 aromatic carbocycles. The molecule has 0 saturated carbocycles. The van der Waals surface area contributed by atoms with Crippen molar-refractivity contribution in [2.75, 3.05) is 12.9 Å². The second-order valence-corrected chi connectivity index (χ2v) is 8.67. The van der Waals surface area contributed by atoms with Gasteiger partial charge in [0.25, 0.3) is 0 Å². The number of benzene rings is 3. The molecule has 1 amide bonds. The van der Waals surface area contributed by atoms with Crippen molar-refractivity contribution in [3.8, 4) is 11.4 Å². The van der Waals surface area contributed by atoms with Gasteiger partial charge in [-0.2, -0.15) is 0 Å². The van der Waals surface area contributed by atoms with Crippen molar-refractivity contribution in [1.82, 2.24) is 20.1 Å². The van der Waals surface area contributed by atoms with Crippen LogP contribution in [0.4, 0.5) is 0 Å². The van der Waals surface area contributed by atoms with Gasteiger partial charge < -0.3 is 10.1 Å². The smallest absolute Gasteiger partial charge is 0.230 e. The molecule has 0 aliphatic carbocycles. The van der Waals surface area contributed by atoms with E-state index in [1.54, 1.807) is 7.11 Å². The van der Waals surface area contributed by atoms with Crippen LogP contribution >= 0.6 is 23.4 Å². The largest absolute Gasteiger partial charge is 0.497 e. The molecule has 4 rings (SSSR count). The summed E-state index contributed by atoms with van der Waals surface area (Å²) in [5, 5.41) is 13.0. The highest BCUT2D eigenvalue weighted by Gasteiger charge is 2.16. The van der Waals surface area contributed by atoms with E-state index in [9.17, 15) is 4.79 Å². The Morgan fingerprint density at radius 1 is 0.970 bits per heavy atom. The number of aromatic nitrogens is 3. The molecule has 1 aromatic heterocycles. The quantitative estimate of drug-likeness (QED) is 0.345. The first-order valence-corrected chi connectivity index (χ1v) is 11.8. The number of methoxy groups -OCH3 is 1. The maximum Gasteiger partial charge on any atom is 0.230 e. The van der Waals surface area contributed by atoms with E-state index in [-0.39, 0.29) is 11.7 Å². The number of halogens is 1. The number of thioether (sulfide) groups is 1. The number of carbonyl (C=O) groups excluding carboxylic acids is 1. The SMILES string of the molecule is COc1ccc(CNC(=O)CSc2nnc(Cc3ccccc3)n2-c2ccc(Cl)cc2)cc1. The number of ether oxygens (including phenoxy) is 1. The Hall–Kier alpha value is -3.29. The van der Waals surface area contributed by atoms with E-state index in [4.69, 9.17) is 16.3 Å².